The van der Waals surface area contributed by atoms with Crippen LogP contribution in [0.25, 0.3) is 0 Å². The maximum atomic E-state index is 10.6. The van der Waals surface area contributed by atoms with Crippen LogP contribution in [0.15, 0.2) is 0 Å². The van der Waals surface area contributed by atoms with Gasteiger partial charge in [0.25, 0.3) is 0 Å². The number of esters is 1. The molecule has 0 aliphatic carbocycles. The van der Waals surface area contributed by atoms with Gasteiger partial charge in [0, 0.05) is 0 Å². The number of ether oxygens (including phenoxy) is 1. The molecule has 0 radical (unpaired) electrons. The third-order valence-corrected chi connectivity index (χ3v) is 1.24. The van der Waals surface area contributed by atoms with Crippen molar-refractivity contribution >= 4 is 14.7 Å². The lowest BCUT2D eigenvalue weighted by Crippen LogP contribution is -2.16. The van der Waals surface area contributed by atoms with E-state index in [1.807, 2.05) is 0 Å². The number of methoxy groups -OCH3 is 1. The number of carbonyl (C=O) groups is 1. The van der Waals surface area contributed by atoms with Crippen LogP contribution in [-0.2, 0) is 18.6 Å². The monoisotopic (exact) mass is 164 g/mol. The summed E-state index contributed by atoms with van der Waals surface area (Å²) in [5.74, 6) is -0.713. The van der Waals surface area contributed by atoms with E-state index in [0.717, 1.165) is 0 Å². The Kier molecular flexibility index (Phi) is 5.08. The van der Waals surface area contributed by atoms with Crippen molar-refractivity contribution in [1.82, 2.24) is 0 Å². The van der Waals surface area contributed by atoms with Gasteiger partial charge in [-0.15, -0.1) is 0 Å². The fourth-order valence-corrected chi connectivity index (χ4v) is 0.696. The van der Waals surface area contributed by atoms with Crippen molar-refractivity contribution in [1.29, 1.82) is 0 Å². The standard InChI is InChI=1S/C5H9O4P/c1-4(3-9-10-7)5(6)8-2/h4H,3H2,1-2H3. The van der Waals surface area contributed by atoms with Crippen LogP contribution in [0.1, 0.15) is 6.92 Å². The largest absolute Gasteiger partial charge is 0.469 e. The summed E-state index contributed by atoms with van der Waals surface area (Å²) in [6.07, 6.45) is 0. The van der Waals surface area contributed by atoms with Crippen LogP contribution in [-0.4, -0.2) is 19.7 Å². The van der Waals surface area contributed by atoms with Crippen LogP contribution in [0.4, 0.5) is 0 Å². The summed E-state index contributed by atoms with van der Waals surface area (Å²) in [5, 5.41) is 0. The van der Waals surface area contributed by atoms with Crippen LogP contribution >= 0.6 is 8.69 Å². The Hall–Kier alpha value is -0.470. The summed E-state index contributed by atoms with van der Waals surface area (Å²) < 4.78 is 18.6. The van der Waals surface area contributed by atoms with Gasteiger partial charge in [0.2, 0.25) is 0 Å². The molecule has 5 heteroatoms. The Morgan fingerprint density at radius 1 is 1.70 bits per heavy atom. The number of rotatable bonds is 4. The molecule has 0 bridgehead atoms. The Balaban J connectivity index is 3.50. The second kappa shape index (κ2) is 5.33. The molecule has 0 aliphatic rings. The quantitative estimate of drug-likeness (QED) is 0.459. The molecule has 1 unspecified atom stereocenters. The third kappa shape index (κ3) is 3.54. The normalized spacial score (nSPS) is 13.0. The number of hydrogen-bond donors (Lipinski definition) is 0. The smallest absolute Gasteiger partial charge is 0.327 e. The van der Waals surface area contributed by atoms with E-state index in [1.54, 1.807) is 6.92 Å². The van der Waals surface area contributed by atoms with Crippen molar-refractivity contribution < 1.29 is 18.6 Å². The molecule has 0 aromatic heterocycles. The first-order chi connectivity index (χ1) is 4.72. The summed E-state index contributed by atoms with van der Waals surface area (Å²) in [6.45, 7) is 1.76. The Bertz CT molecular complexity index is 125. The fraction of sp³-hybridized carbons (Fsp3) is 0.800. The van der Waals surface area contributed by atoms with Crippen LogP contribution in [0.5, 0.6) is 0 Å². The average molecular weight is 164 g/mol. The van der Waals surface area contributed by atoms with Crippen LogP contribution in [0.3, 0.4) is 0 Å². The maximum Gasteiger partial charge on any atom is 0.327 e. The minimum Gasteiger partial charge on any atom is -0.469 e. The highest BCUT2D eigenvalue weighted by Crippen LogP contribution is 2.03. The van der Waals surface area contributed by atoms with E-state index in [9.17, 15) is 9.36 Å². The summed E-state index contributed by atoms with van der Waals surface area (Å²) in [4.78, 5) is 10.6. The molecule has 0 spiro atoms. The minimum atomic E-state index is -0.407. The molecule has 0 aromatic rings. The molecule has 10 heavy (non-hydrogen) atoms. The van der Waals surface area contributed by atoms with Gasteiger partial charge in [-0.3, -0.25) is 9.32 Å². The predicted molar refractivity (Wildman–Crippen MR) is 34.7 cm³/mol. The SMILES string of the molecule is COC(=O)C(C)COP=O. The molecule has 0 rings (SSSR count). The molecule has 1 atom stereocenters. The van der Waals surface area contributed by atoms with Crippen LogP contribution < -0.4 is 0 Å². The van der Waals surface area contributed by atoms with Gasteiger partial charge >= 0.3 is 14.7 Å². The van der Waals surface area contributed by atoms with Crippen molar-refractivity contribution in [3.05, 3.63) is 0 Å². The number of carbonyl (C=O) groups excluding carboxylic acids is 1. The molecule has 0 aromatic carbocycles. The van der Waals surface area contributed by atoms with Gasteiger partial charge < -0.3 is 4.74 Å². The fourth-order valence-electron chi connectivity index (χ4n) is 0.411. The molecule has 0 amide bonds. The van der Waals surface area contributed by atoms with E-state index in [2.05, 4.69) is 9.26 Å². The van der Waals surface area contributed by atoms with Crippen LogP contribution in [0.2, 0.25) is 0 Å². The summed E-state index contributed by atoms with van der Waals surface area (Å²) in [7, 11) is 0.893. The molecule has 4 nitrogen and oxygen atoms in total. The highest BCUT2D eigenvalue weighted by Gasteiger charge is 2.12. The second-order valence-electron chi connectivity index (χ2n) is 1.79. The molecule has 0 heterocycles. The average Bonchev–Trinajstić information content (AvgIpc) is 1.98. The first-order valence-corrected chi connectivity index (χ1v) is 3.47. The predicted octanol–water partition coefficient (Wildman–Crippen LogP) is 1.02. The zero-order chi connectivity index (χ0) is 7.98. The van der Waals surface area contributed by atoms with E-state index >= 15 is 0 Å². The van der Waals surface area contributed by atoms with Gasteiger partial charge in [-0.2, -0.15) is 0 Å². The topological polar surface area (TPSA) is 52.6 Å². The minimum absolute atomic E-state index is 0.123. The molecule has 58 valence electrons. The Morgan fingerprint density at radius 2 is 2.30 bits per heavy atom. The van der Waals surface area contributed by atoms with E-state index in [-0.39, 0.29) is 18.5 Å². The van der Waals surface area contributed by atoms with Crippen molar-refractivity contribution in [3.63, 3.8) is 0 Å². The number of hydrogen-bond acceptors (Lipinski definition) is 4. The second-order valence-corrected chi connectivity index (χ2v) is 2.20. The van der Waals surface area contributed by atoms with E-state index in [4.69, 9.17) is 0 Å². The first kappa shape index (κ1) is 9.53. The molecule has 0 fully saturated rings. The Labute approximate surface area is 60.8 Å². The van der Waals surface area contributed by atoms with Gasteiger partial charge in [-0.05, 0) is 6.92 Å². The molecule has 0 N–H and O–H groups in total. The van der Waals surface area contributed by atoms with Crippen molar-refractivity contribution in [2.75, 3.05) is 13.7 Å². The molecule has 0 saturated carbocycles. The summed E-state index contributed by atoms with van der Waals surface area (Å²) >= 11 is 0. The zero-order valence-corrected chi connectivity index (χ0v) is 6.76. The van der Waals surface area contributed by atoms with E-state index in [0.29, 0.717) is 0 Å². The molecular weight excluding hydrogens is 155 g/mol. The highest BCUT2D eigenvalue weighted by molar-refractivity contribution is 7.17. The van der Waals surface area contributed by atoms with Crippen LogP contribution in [0, 0.1) is 5.92 Å². The third-order valence-electron chi connectivity index (χ3n) is 0.981. The maximum absolute atomic E-state index is 10.6. The lowest BCUT2D eigenvalue weighted by atomic mass is 10.2. The lowest BCUT2D eigenvalue weighted by molar-refractivity contribution is -0.145. The van der Waals surface area contributed by atoms with Crippen molar-refractivity contribution in [2.45, 2.75) is 6.92 Å². The van der Waals surface area contributed by atoms with Gasteiger partial charge in [-0.25, -0.2) is 4.57 Å². The van der Waals surface area contributed by atoms with Gasteiger partial charge in [-0.1, -0.05) is 0 Å². The summed E-state index contributed by atoms with van der Waals surface area (Å²) in [6, 6.07) is 0. The molecule has 0 aliphatic heterocycles. The molecule has 0 saturated heterocycles. The van der Waals surface area contributed by atoms with E-state index < -0.39 is 8.69 Å². The Morgan fingerprint density at radius 3 is 2.70 bits per heavy atom. The lowest BCUT2D eigenvalue weighted by Gasteiger charge is -2.04. The highest BCUT2D eigenvalue weighted by atomic mass is 31.1. The first-order valence-electron chi connectivity index (χ1n) is 2.74. The van der Waals surface area contributed by atoms with Crippen molar-refractivity contribution in [2.24, 2.45) is 5.92 Å². The zero-order valence-electron chi connectivity index (χ0n) is 5.86. The van der Waals surface area contributed by atoms with Crippen molar-refractivity contribution in [3.8, 4) is 0 Å². The molecular formula is C5H9O4P. The van der Waals surface area contributed by atoms with Gasteiger partial charge in [0.1, 0.15) is 0 Å². The van der Waals surface area contributed by atoms with Gasteiger partial charge in [0.05, 0.1) is 19.6 Å². The van der Waals surface area contributed by atoms with E-state index in [1.165, 1.54) is 7.11 Å². The summed E-state index contributed by atoms with van der Waals surface area (Å²) in [5.41, 5.74) is 0. The van der Waals surface area contributed by atoms with Gasteiger partial charge in [0.15, 0.2) is 0 Å².